The highest BCUT2D eigenvalue weighted by Crippen LogP contribution is 2.21. The molecule has 0 aromatic heterocycles. The van der Waals surface area contributed by atoms with Gasteiger partial charge in [0.25, 0.3) is 0 Å². The minimum Gasteiger partial charge on any atom is -0.299 e. The second-order valence-electron chi connectivity index (χ2n) is 3.64. The summed E-state index contributed by atoms with van der Waals surface area (Å²) in [6.07, 6.45) is 2.55. The standard InChI is InChI=1S/C9H16O3S/c1-2-3-9(10)8-4-6-13(11,12)7-5-8/h8H,2-7H2,1H3. The normalized spacial score (nSPS) is 22.8. The van der Waals surface area contributed by atoms with Gasteiger partial charge in [0.2, 0.25) is 0 Å². The van der Waals surface area contributed by atoms with E-state index in [0.717, 1.165) is 6.42 Å². The number of sulfone groups is 1. The minimum absolute atomic E-state index is 0.0171. The van der Waals surface area contributed by atoms with Crippen LogP contribution in [0.4, 0.5) is 0 Å². The monoisotopic (exact) mass is 204 g/mol. The molecule has 1 fully saturated rings. The Kier molecular flexibility index (Phi) is 3.47. The maximum absolute atomic E-state index is 11.4. The maximum Gasteiger partial charge on any atom is 0.150 e. The molecule has 1 rings (SSSR count). The molecule has 1 heterocycles. The molecule has 0 bridgehead atoms. The molecule has 4 heteroatoms. The lowest BCUT2D eigenvalue weighted by Gasteiger charge is -2.20. The topological polar surface area (TPSA) is 51.2 Å². The van der Waals surface area contributed by atoms with Crippen molar-refractivity contribution in [2.24, 2.45) is 5.92 Å². The largest absolute Gasteiger partial charge is 0.299 e. The summed E-state index contributed by atoms with van der Waals surface area (Å²) in [6.45, 7) is 1.97. The Hall–Kier alpha value is -0.380. The molecule has 0 saturated carbocycles. The highest BCUT2D eigenvalue weighted by Gasteiger charge is 2.27. The average molecular weight is 204 g/mol. The van der Waals surface area contributed by atoms with Crippen molar-refractivity contribution in [1.82, 2.24) is 0 Å². The first-order chi connectivity index (χ1) is 6.05. The molecule has 13 heavy (non-hydrogen) atoms. The molecule has 0 unspecified atom stereocenters. The lowest BCUT2D eigenvalue weighted by Crippen LogP contribution is -2.28. The number of ketones is 1. The molecule has 76 valence electrons. The number of hydrogen-bond acceptors (Lipinski definition) is 3. The van der Waals surface area contributed by atoms with Gasteiger partial charge in [0.05, 0.1) is 11.5 Å². The predicted octanol–water partition coefficient (Wildman–Crippen LogP) is 1.18. The van der Waals surface area contributed by atoms with Crippen LogP contribution >= 0.6 is 0 Å². The zero-order chi connectivity index (χ0) is 9.90. The van der Waals surface area contributed by atoms with Crippen molar-refractivity contribution < 1.29 is 13.2 Å². The smallest absolute Gasteiger partial charge is 0.150 e. The van der Waals surface area contributed by atoms with Crippen molar-refractivity contribution in [3.63, 3.8) is 0 Å². The van der Waals surface area contributed by atoms with Crippen LogP contribution in [0.2, 0.25) is 0 Å². The number of carbonyl (C=O) groups is 1. The summed E-state index contributed by atoms with van der Waals surface area (Å²) < 4.78 is 22.1. The quantitative estimate of drug-likeness (QED) is 0.693. The van der Waals surface area contributed by atoms with Crippen molar-refractivity contribution in [2.45, 2.75) is 32.6 Å². The van der Waals surface area contributed by atoms with Gasteiger partial charge in [0.1, 0.15) is 15.6 Å². The van der Waals surface area contributed by atoms with Gasteiger partial charge in [-0.25, -0.2) is 8.42 Å². The third kappa shape index (κ3) is 3.10. The van der Waals surface area contributed by atoms with Crippen LogP contribution in [0.25, 0.3) is 0 Å². The minimum atomic E-state index is -2.82. The Balaban J connectivity index is 2.45. The van der Waals surface area contributed by atoms with Gasteiger partial charge in [0, 0.05) is 12.3 Å². The highest BCUT2D eigenvalue weighted by molar-refractivity contribution is 7.91. The van der Waals surface area contributed by atoms with Crippen molar-refractivity contribution in [3.05, 3.63) is 0 Å². The molecule has 3 nitrogen and oxygen atoms in total. The van der Waals surface area contributed by atoms with E-state index in [1.165, 1.54) is 0 Å². The summed E-state index contributed by atoms with van der Waals surface area (Å²) in [5, 5.41) is 0. The molecule has 1 aliphatic heterocycles. The van der Waals surface area contributed by atoms with Gasteiger partial charge < -0.3 is 0 Å². The molecule has 1 saturated heterocycles. The van der Waals surface area contributed by atoms with Crippen LogP contribution in [-0.4, -0.2) is 25.7 Å². The van der Waals surface area contributed by atoms with Crippen molar-refractivity contribution in [2.75, 3.05) is 11.5 Å². The fraction of sp³-hybridized carbons (Fsp3) is 0.889. The van der Waals surface area contributed by atoms with Gasteiger partial charge in [-0.05, 0) is 19.3 Å². The van der Waals surface area contributed by atoms with Gasteiger partial charge in [-0.3, -0.25) is 4.79 Å². The lowest BCUT2D eigenvalue weighted by molar-refractivity contribution is -0.123. The summed E-state index contributed by atoms with van der Waals surface area (Å²) in [5.41, 5.74) is 0. The average Bonchev–Trinajstić information content (AvgIpc) is 2.04. The van der Waals surface area contributed by atoms with E-state index in [2.05, 4.69) is 0 Å². The van der Waals surface area contributed by atoms with Crippen LogP contribution in [0.5, 0.6) is 0 Å². The van der Waals surface area contributed by atoms with Crippen molar-refractivity contribution in [1.29, 1.82) is 0 Å². The Bertz CT molecular complexity index is 265. The van der Waals surface area contributed by atoms with E-state index in [1.807, 2.05) is 6.92 Å². The summed E-state index contributed by atoms with van der Waals surface area (Å²) in [6, 6.07) is 0. The van der Waals surface area contributed by atoms with Crippen LogP contribution in [0, 0.1) is 5.92 Å². The van der Waals surface area contributed by atoms with Gasteiger partial charge >= 0.3 is 0 Å². The summed E-state index contributed by atoms with van der Waals surface area (Å²) in [4.78, 5) is 11.4. The molecule has 0 spiro atoms. The van der Waals surface area contributed by atoms with Gasteiger partial charge in [0.15, 0.2) is 0 Å². The van der Waals surface area contributed by atoms with E-state index in [0.29, 0.717) is 19.3 Å². The number of Topliss-reactive ketones (excluding diaryl/α,β-unsaturated/α-hetero) is 1. The van der Waals surface area contributed by atoms with Crippen molar-refractivity contribution >= 4 is 15.6 Å². The molecule has 0 N–H and O–H groups in total. The molecule has 0 aliphatic carbocycles. The zero-order valence-electron chi connectivity index (χ0n) is 7.95. The summed E-state index contributed by atoms with van der Waals surface area (Å²) >= 11 is 0. The summed E-state index contributed by atoms with van der Waals surface area (Å²) in [7, 11) is -2.82. The molecule has 0 atom stereocenters. The van der Waals surface area contributed by atoms with E-state index < -0.39 is 9.84 Å². The predicted molar refractivity (Wildman–Crippen MR) is 51.3 cm³/mol. The van der Waals surface area contributed by atoms with Crippen LogP contribution in [0.3, 0.4) is 0 Å². The number of rotatable bonds is 3. The lowest BCUT2D eigenvalue weighted by atomic mass is 9.95. The van der Waals surface area contributed by atoms with Crippen LogP contribution in [-0.2, 0) is 14.6 Å². The number of carbonyl (C=O) groups excluding carboxylic acids is 1. The molecule has 1 aliphatic rings. The Morgan fingerprint density at radius 3 is 2.31 bits per heavy atom. The Morgan fingerprint density at radius 1 is 1.31 bits per heavy atom. The third-order valence-electron chi connectivity index (χ3n) is 2.51. The van der Waals surface area contributed by atoms with Crippen LogP contribution in [0.1, 0.15) is 32.6 Å². The molecule has 0 aromatic carbocycles. The van der Waals surface area contributed by atoms with E-state index in [9.17, 15) is 13.2 Å². The second-order valence-corrected chi connectivity index (χ2v) is 5.95. The van der Waals surface area contributed by atoms with E-state index in [4.69, 9.17) is 0 Å². The maximum atomic E-state index is 11.4. The molecular formula is C9H16O3S. The first kappa shape index (κ1) is 10.7. The molecule has 0 radical (unpaired) electrons. The third-order valence-corrected chi connectivity index (χ3v) is 4.22. The van der Waals surface area contributed by atoms with Crippen LogP contribution in [0.15, 0.2) is 0 Å². The number of hydrogen-bond donors (Lipinski definition) is 0. The molecule has 0 aromatic rings. The first-order valence-corrected chi connectivity index (χ1v) is 6.60. The fourth-order valence-corrected chi connectivity index (χ4v) is 3.15. The SMILES string of the molecule is CCCC(=O)C1CCS(=O)(=O)CC1. The Labute approximate surface area is 79.4 Å². The van der Waals surface area contributed by atoms with E-state index in [-0.39, 0.29) is 23.2 Å². The molecular weight excluding hydrogens is 188 g/mol. The summed E-state index contributed by atoms with van der Waals surface area (Å²) in [5.74, 6) is 0.668. The Morgan fingerprint density at radius 2 is 1.85 bits per heavy atom. The van der Waals surface area contributed by atoms with Crippen LogP contribution < -0.4 is 0 Å². The van der Waals surface area contributed by atoms with Gasteiger partial charge in [-0.1, -0.05) is 6.92 Å². The van der Waals surface area contributed by atoms with Crippen molar-refractivity contribution in [3.8, 4) is 0 Å². The second kappa shape index (κ2) is 4.22. The molecule has 0 amide bonds. The van der Waals surface area contributed by atoms with Gasteiger partial charge in [-0.2, -0.15) is 0 Å². The van der Waals surface area contributed by atoms with E-state index >= 15 is 0 Å². The highest BCUT2D eigenvalue weighted by atomic mass is 32.2. The zero-order valence-corrected chi connectivity index (χ0v) is 8.77. The fourth-order valence-electron chi connectivity index (χ4n) is 1.66. The van der Waals surface area contributed by atoms with E-state index in [1.54, 1.807) is 0 Å². The van der Waals surface area contributed by atoms with Gasteiger partial charge in [-0.15, -0.1) is 0 Å². The first-order valence-electron chi connectivity index (χ1n) is 4.78.